The molecule has 0 radical (unpaired) electrons. The van der Waals surface area contributed by atoms with Crippen molar-refractivity contribution >= 4 is 16.7 Å². The van der Waals surface area contributed by atoms with Crippen LogP contribution in [-0.4, -0.2) is 10.4 Å². The number of nitrogens with zero attached hydrogens (tertiary/aromatic N) is 1. The van der Waals surface area contributed by atoms with Crippen LogP contribution in [0.25, 0.3) is 10.9 Å². The average molecular weight is 219 g/mol. The van der Waals surface area contributed by atoms with E-state index >= 15 is 0 Å². The van der Waals surface area contributed by atoms with Crippen LogP contribution < -0.4 is 0 Å². The molecule has 2 nitrogen and oxygen atoms in total. The predicted octanol–water partition coefficient (Wildman–Crippen LogP) is 3.15. The van der Waals surface area contributed by atoms with Gasteiger partial charge in [-0.2, -0.15) is 0 Å². The van der Waals surface area contributed by atoms with Gasteiger partial charge in [0.05, 0.1) is 0 Å². The molecule has 0 atom stereocenters. The predicted molar refractivity (Wildman–Crippen MR) is 61.8 cm³/mol. The van der Waals surface area contributed by atoms with Gasteiger partial charge in [-0.1, -0.05) is 0 Å². The summed E-state index contributed by atoms with van der Waals surface area (Å²) in [6.07, 6.45) is 3.36. The van der Waals surface area contributed by atoms with Gasteiger partial charge in [0, 0.05) is 30.1 Å². The molecular weight excluding hydrogens is 205 g/mol. The van der Waals surface area contributed by atoms with Crippen LogP contribution in [0.4, 0.5) is 4.39 Å². The number of hydrogen-bond acceptors (Lipinski definition) is 1. The Kier molecular flexibility index (Phi) is 3.04. The molecule has 0 saturated heterocycles. The van der Waals surface area contributed by atoms with Gasteiger partial charge in [-0.15, -0.1) is 0 Å². The highest BCUT2D eigenvalue weighted by Gasteiger charge is 2.02. The summed E-state index contributed by atoms with van der Waals surface area (Å²) in [6.45, 7) is 2.40. The van der Waals surface area contributed by atoms with Crippen molar-refractivity contribution in [1.29, 1.82) is 0 Å². The minimum Gasteiger partial charge on any atom is -0.347 e. The lowest BCUT2D eigenvalue weighted by molar-refractivity contribution is -0.117. The number of aromatic nitrogens is 1. The topological polar surface area (TPSA) is 22.0 Å². The monoisotopic (exact) mass is 219 g/mol. The molecule has 84 valence electrons. The van der Waals surface area contributed by atoms with Crippen molar-refractivity contribution in [2.45, 2.75) is 26.3 Å². The van der Waals surface area contributed by atoms with Gasteiger partial charge in [0.15, 0.2) is 0 Å². The number of carbonyl (C=O) groups is 1. The van der Waals surface area contributed by atoms with E-state index in [4.69, 9.17) is 0 Å². The van der Waals surface area contributed by atoms with Crippen molar-refractivity contribution in [3.63, 3.8) is 0 Å². The van der Waals surface area contributed by atoms with E-state index in [1.165, 1.54) is 12.1 Å². The molecule has 0 aliphatic rings. The lowest BCUT2D eigenvalue weighted by atomic mass is 10.2. The number of ketones is 1. The van der Waals surface area contributed by atoms with Gasteiger partial charge < -0.3 is 9.36 Å². The van der Waals surface area contributed by atoms with Crippen molar-refractivity contribution in [2.75, 3.05) is 0 Å². The van der Waals surface area contributed by atoms with Crippen LogP contribution >= 0.6 is 0 Å². The Morgan fingerprint density at radius 1 is 1.38 bits per heavy atom. The fourth-order valence-corrected chi connectivity index (χ4v) is 1.86. The van der Waals surface area contributed by atoms with Crippen LogP contribution in [0.5, 0.6) is 0 Å². The zero-order chi connectivity index (χ0) is 11.5. The minimum absolute atomic E-state index is 0.211. The number of aryl methyl sites for hydroxylation is 1. The first-order valence-corrected chi connectivity index (χ1v) is 5.40. The van der Waals surface area contributed by atoms with Gasteiger partial charge >= 0.3 is 0 Å². The second kappa shape index (κ2) is 4.47. The molecule has 0 fully saturated rings. The van der Waals surface area contributed by atoms with Gasteiger partial charge in [0.2, 0.25) is 0 Å². The van der Waals surface area contributed by atoms with Crippen molar-refractivity contribution < 1.29 is 9.18 Å². The molecular formula is C13H14FNO. The molecule has 0 N–H and O–H groups in total. The number of carbonyl (C=O) groups excluding carboxylic acids is 1. The molecule has 1 heterocycles. The first kappa shape index (κ1) is 10.9. The summed E-state index contributed by atoms with van der Waals surface area (Å²) in [7, 11) is 0. The van der Waals surface area contributed by atoms with Crippen molar-refractivity contribution in [1.82, 2.24) is 4.57 Å². The van der Waals surface area contributed by atoms with E-state index in [9.17, 15) is 9.18 Å². The summed E-state index contributed by atoms with van der Waals surface area (Å²) >= 11 is 0. The molecule has 2 aromatic rings. The van der Waals surface area contributed by atoms with E-state index in [0.717, 1.165) is 23.9 Å². The number of rotatable bonds is 4. The standard InChI is InChI=1S/C13H14FNO/c1-10(16)3-2-7-15-8-6-11-9-12(14)4-5-13(11)15/h4-6,8-9H,2-3,7H2,1H3. The van der Waals surface area contributed by atoms with Gasteiger partial charge in [-0.05, 0) is 37.6 Å². The molecule has 0 aliphatic carbocycles. The number of fused-ring (bicyclic) bond motifs is 1. The fraction of sp³-hybridized carbons (Fsp3) is 0.308. The maximum Gasteiger partial charge on any atom is 0.129 e. The van der Waals surface area contributed by atoms with E-state index in [-0.39, 0.29) is 11.6 Å². The van der Waals surface area contributed by atoms with Gasteiger partial charge in [-0.3, -0.25) is 0 Å². The number of hydrogen-bond donors (Lipinski definition) is 0. The fourth-order valence-electron chi connectivity index (χ4n) is 1.86. The highest BCUT2D eigenvalue weighted by molar-refractivity contribution is 5.80. The Morgan fingerprint density at radius 3 is 2.94 bits per heavy atom. The SMILES string of the molecule is CC(=O)CCCn1ccc2cc(F)ccc21. The van der Waals surface area contributed by atoms with Crippen LogP contribution in [-0.2, 0) is 11.3 Å². The summed E-state index contributed by atoms with van der Waals surface area (Å²) in [5.41, 5.74) is 1.02. The Morgan fingerprint density at radius 2 is 2.19 bits per heavy atom. The second-order valence-electron chi connectivity index (χ2n) is 4.02. The highest BCUT2D eigenvalue weighted by Crippen LogP contribution is 2.17. The average Bonchev–Trinajstić information content (AvgIpc) is 2.60. The maximum absolute atomic E-state index is 12.9. The first-order valence-electron chi connectivity index (χ1n) is 5.40. The zero-order valence-corrected chi connectivity index (χ0v) is 9.24. The van der Waals surface area contributed by atoms with Crippen LogP contribution in [0, 0.1) is 5.82 Å². The molecule has 1 aromatic heterocycles. The number of Topliss-reactive ketones (excluding diaryl/α,β-unsaturated/α-hetero) is 1. The molecule has 1 aromatic carbocycles. The Hall–Kier alpha value is -1.64. The van der Waals surface area contributed by atoms with E-state index < -0.39 is 0 Å². The zero-order valence-electron chi connectivity index (χ0n) is 9.24. The maximum atomic E-state index is 12.9. The van der Waals surface area contributed by atoms with E-state index in [1.54, 1.807) is 13.0 Å². The van der Waals surface area contributed by atoms with Crippen LogP contribution in [0.2, 0.25) is 0 Å². The number of benzene rings is 1. The highest BCUT2D eigenvalue weighted by atomic mass is 19.1. The van der Waals surface area contributed by atoms with Crippen LogP contribution in [0.1, 0.15) is 19.8 Å². The van der Waals surface area contributed by atoms with Gasteiger partial charge in [0.1, 0.15) is 11.6 Å². The summed E-state index contributed by atoms with van der Waals surface area (Å²) in [6, 6.07) is 6.66. The summed E-state index contributed by atoms with van der Waals surface area (Å²) in [5, 5.41) is 0.905. The molecule has 2 rings (SSSR count). The molecule has 0 amide bonds. The van der Waals surface area contributed by atoms with Crippen LogP contribution in [0.3, 0.4) is 0 Å². The van der Waals surface area contributed by atoms with Crippen molar-refractivity contribution in [3.05, 3.63) is 36.3 Å². The van der Waals surface area contributed by atoms with E-state index in [0.29, 0.717) is 6.42 Å². The number of halogens is 1. The van der Waals surface area contributed by atoms with E-state index in [1.807, 2.05) is 12.3 Å². The minimum atomic E-state index is -0.214. The summed E-state index contributed by atoms with van der Waals surface area (Å²) in [4.78, 5) is 10.8. The summed E-state index contributed by atoms with van der Waals surface area (Å²) < 4.78 is 15.0. The Bertz CT molecular complexity index is 516. The quantitative estimate of drug-likeness (QED) is 0.774. The smallest absolute Gasteiger partial charge is 0.129 e. The van der Waals surface area contributed by atoms with Gasteiger partial charge in [0.25, 0.3) is 0 Å². The van der Waals surface area contributed by atoms with Crippen molar-refractivity contribution in [2.24, 2.45) is 0 Å². The largest absolute Gasteiger partial charge is 0.347 e. The molecule has 0 unspecified atom stereocenters. The normalized spacial score (nSPS) is 10.9. The molecule has 0 bridgehead atoms. The second-order valence-corrected chi connectivity index (χ2v) is 4.02. The molecule has 0 spiro atoms. The molecule has 3 heteroatoms. The molecule has 16 heavy (non-hydrogen) atoms. The lowest BCUT2D eigenvalue weighted by Crippen LogP contribution is -1.99. The third kappa shape index (κ3) is 2.30. The van der Waals surface area contributed by atoms with Crippen molar-refractivity contribution in [3.8, 4) is 0 Å². The summed E-state index contributed by atoms with van der Waals surface area (Å²) in [5.74, 6) is -0.00325. The Balaban J connectivity index is 2.15. The molecule has 0 aliphatic heterocycles. The third-order valence-electron chi connectivity index (χ3n) is 2.66. The lowest BCUT2D eigenvalue weighted by Gasteiger charge is -2.04. The van der Waals surface area contributed by atoms with Gasteiger partial charge in [-0.25, -0.2) is 4.39 Å². The Labute approximate surface area is 93.7 Å². The van der Waals surface area contributed by atoms with E-state index in [2.05, 4.69) is 4.57 Å². The molecule has 0 saturated carbocycles. The van der Waals surface area contributed by atoms with Crippen LogP contribution in [0.15, 0.2) is 30.5 Å². The first-order chi connectivity index (χ1) is 7.66. The third-order valence-corrected chi connectivity index (χ3v) is 2.66.